The molecule has 0 fully saturated rings. The maximum atomic E-state index is 13.0. The first-order chi connectivity index (χ1) is 13.7. The Hall–Kier alpha value is -3.17. The number of fused-ring (bicyclic) bond motifs is 1. The standard InChI is InChI=1S/C25H21FNO.ClH/c1-28-25-11-8-22-16-20(4-7-23(22)17-25)3-2-19-12-14-27(15-13-19)18-21-5-9-24(26)10-6-21;/h2-17H,18H2,1H3;1H/q+1;/p-1/b3-2+;. The van der Waals surface area contributed by atoms with Gasteiger partial charge in [-0.1, -0.05) is 30.4 Å². The highest BCUT2D eigenvalue weighted by molar-refractivity contribution is 5.87. The fourth-order valence-corrected chi connectivity index (χ4v) is 3.15. The summed E-state index contributed by atoms with van der Waals surface area (Å²) >= 11 is 0. The van der Waals surface area contributed by atoms with E-state index in [1.54, 1.807) is 7.11 Å². The third kappa shape index (κ3) is 5.21. The predicted octanol–water partition coefficient (Wildman–Crippen LogP) is 2.50. The molecule has 4 rings (SSSR count). The van der Waals surface area contributed by atoms with Crippen LogP contribution in [0, 0.1) is 5.82 Å². The van der Waals surface area contributed by atoms with E-state index in [4.69, 9.17) is 4.74 Å². The van der Waals surface area contributed by atoms with Gasteiger partial charge in [-0.25, -0.2) is 8.96 Å². The summed E-state index contributed by atoms with van der Waals surface area (Å²) in [4.78, 5) is 0. The van der Waals surface area contributed by atoms with Crippen LogP contribution in [0.1, 0.15) is 16.7 Å². The average Bonchev–Trinajstić information content (AvgIpc) is 2.74. The fourth-order valence-electron chi connectivity index (χ4n) is 3.15. The van der Waals surface area contributed by atoms with Crippen LogP contribution in [0.25, 0.3) is 22.9 Å². The van der Waals surface area contributed by atoms with Gasteiger partial charge in [-0.05, 0) is 64.4 Å². The Kier molecular flexibility index (Phi) is 6.63. The minimum Gasteiger partial charge on any atom is -1.00 e. The SMILES string of the molecule is COc1ccc2cc(/C=C/c3cc[n+](Cc4ccc(F)cc4)cc3)ccc2c1.[Cl-]. The van der Waals surface area contributed by atoms with Gasteiger partial charge in [0.1, 0.15) is 11.6 Å². The number of nitrogens with zero attached hydrogens (tertiary/aromatic N) is 1. The number of hydrogen-bond donors (Lipinski definition) is 0. The number of ether oxygens (including phenoxy) is 1. The third-order valence-electron chi connectivity index (χ3n) is 4.74. The Morgan fingerprint density at radius 2 is 1.45 bits per heavy atom. The molecular formula is C25H21ClFNO. The molecule has 4 aromatic rings. The van der Waals surface area contributed by atoms with Crippen molar-refractivity contribution in [1.29, 1.82) is 0 Å². The molecule has 3 aromatic carbocycles. The number of methoxy groups -OCH3 is 1. The highest BCUT2D eigenvalue weighted by Crippen LogP contribution is 2.22. The van der Waals surface area contributed by atoms with Crippen molar-refractivity contribution in [1.82, 2.24) is 0 Å². The first kappa shape index (κ1) is 20.6. The molecule has 29 heavy (non-hydrogen) atoms. The number of hydrogen-bond acceptors (Lipinski definition) is 1. The number of pyridine rings is 1. The lowest BCUT2D eigenvalue weighted by atomic mass is 10.1. The minimum atomic E-state index is -0.206. The van der Waals surface area contributed by atoms with Gasteiger partial charge in [0, 0.05) is 17.7 Å². The van der Waals surface area contributed by atoms with E-state index >= 15 is 0 Å². The van der Waals surface area contributed by atoms with Crippen molar-refractivity contribution in [3.8, 4) is 5.75 Å². The van der Waals surface area contributed by atoms with Crippen LogP contribution in [-0.4, -0.2) is 7.11 Å². The zero-order valence-electron chi connectivity index (χ0n) is 16.1. The van der Waals surface area contributed by atoms with Gasteiger partial charge in [-0.15, -0.1) is 0 Å². The molecule has 1 aromatic heterocycles. The number of benzene rings is 3. The molecule has 0 aliphatic carbocycles. The second-order valence-corrected chi connectivity index (χ2v) is 6.74. The van der Waals surface area contributed by atoms with Crippen LogP contribution in [-0.2, 0) is 6.54 Å². The zero-order chi connectivity index (χ0) is 19.3. The molecule has 0 N–H and O–H groups in total. The van der Waals surface area contributed by atoms with Crippen LogP contribution in [0.3, 0.4) is 0 Å². The van der Waals surface area contributed by atoms with E-state index in [9.17, 15) is 4.39 Å². The largest absolute Gasteiger partial charge is 1.00 e. The summed E-state index contributed by atoms with van der Waals surface area (Å²) in [5, 5.41) is 2.35. The Morgan fingerprint density at radius 1 is 0.793 bits per heavy atom. The fraction of sp³-hybridized carbons (Fsp3) is 0.0800. The summed E-state index contributed by atoms with van der Waals surface area (Å²) in [5.74, 6) is 0.663. The topological polar surface area (TPSA) is 13.1 Å². The molecule has 0 saturated heterocycles. The summed E-state index contributed by atoms with van der Waals surface area (Å²) in [6, 6.07) is 23.2. The lowest BCUT2D eigenvalue weighted by molar-refractivity contribution is -0.688. The molecule has 0 atom stereocenters. The molecule has 0 aliphatic heterocycles. The molecule has 1 heterocycles. The second-order valence-electron chi connectivity index (χ2n) is 6.74. The molecular weight excluding hydrogens is 385 g/mol. The highest BCUT2D eigenvalue weighted by Gasteiger charge is 2.03. The summed E-state index contributed by atoms with van der Waals surface area (Å²) < 4.78 is 20.4. The van der Waals surface area contributed by atoms with E-state index < -0.39 is 0 Å². The lowest BCUT2D eigenvalue weighted by Crippen LogP contribution is -3.00. The summed E-state index contributed by atoms with van der Waals surface area (Å²) in [6.07, 6.45) is 8.29. The van der Waals surface area contributed by atoms with Gasteiger partial charge in [0.25, 0.3) is 0 Å². The molecule has 0 unspecified atom stereocenters. The zero-order valence-corrected chi connectivity index (χ0v) is 16.8. The number of aromatic nitrogens is 1. The molecule has 0 amide bonds. The second kappa shape index (κ2) is 9.35. The van der Waals surface area contributed by atoms with Crippen LogP contribution in [0.2, 0.25) is 0 Å². The van der Waals surface area contributed by atoms with Gasteiger partial charge in [0.05, 0.1) is 7.11 Å². The Balaban J connectivity index is 0.00000240. The van der Waals surface area contributed by atoms with Crippen molar-refractivity contribution in [3.63, 3.8) is 0 Å². The molecule has 0 spiro atoms. The highest BCUT2D eigenvalue weighted by atomic mass is 35.5. The maximum Gasteiger partial charge on any atom is 0.173 e. The van der Waals surface area contributed by atoms with Crippen molar-refractivity contribution < 1.29 is 26.1 Å². The van der Waals surface area contributed by atoms with Crippen molar-refractivity contribution in [2.75, 3.05) is 7.11 Å². The van der Waals surface area contributed by atoms with Crippen molar-refractivity contribution >= 4 is 22.9 Å². The third-order valence-corrected chi connectivity index (χ3v) is 4.74. The molecule has 0 aliphatic rings. The lowest BCUT2D eigenvalue weighted by Gasteiger charge is -2.03. The maximum absolute atomic E-state index is 13.0. The summed E-state index contributed by atoms with van der Waals surface area (Å²) in [6.45, 7) is 0.721. The molecule has 0 saturated carbocycles. The van der Waals surface area contributed by atoms with E-state index in [2.05, 4.69) is 53.1 Å². The van der Waals surface area contributed by atoms with Crippen LogP contribution in [0.4, 0.5) is 4.39 Å². The van der Waals surface area contributed by atoms with Gasteiger partial charge in [0.2, 0.25) is 0 Å². The Morgan fingerprint density at radius 3 is 2.17 bits per heavy atom. The Bertz CT molecular complexity index is 1120. The van der Waals surface area contributed by atoms with Gasteiger partial charge in [-0.3, -0.25) is 0 Å². The van der Waals surface area contributed by atoms with Gasteiger partial charge < -0.3 is 17.1 Å². The molecule has 146 valence electrons. The van der Waals surface area contributed by atoms with E-state index in [0.29, 0.717) is 0 Å². The molecule has 0 bridgehead atoms. The summed E-state index contributed by atoms with van der Waals surface area (Å²) in [5.41, 5.74) is 3.35. The monoisotopic (exact) mass is 405 g/mol. The van der Waals surface area contributed by atoms with Crippen molar-refractivity contribution in [2.45, 2.75) is 6.54 Å². The van der Waals surface area contributed by atoms with Gasteiger partial charge in [-0.2, -0.15) is 0 Å². The van der Waals surface area contributed by atoms with Crippen molar-refractivity contribution in [3.05, 3.63) is 108 Å². The van der Waals surface area contributed by atoms with Gasteiger partial charge >= 0.3 is 0 Å². The number of rotatable bonds is 5. The number of halogens is 2. The molecule has 0 radical (unpaired) electrons. The molecule has 4 heteroatoms. The Labute approximate surface area is 176 Å². The normalized spacial score (nSPS) is 10.8. The first-order valence-corrected chi connectivity index (χ1v) is 9.19. The predicted molar refractivity (Wildman–Crippen MR) is 112 cm³/mol. The van der Waals surface area contributed by atoms with Crippen molar-refractivity contribution in [2.24, 2.45) is 0 Å². The smallest absolute Gasteiger partial charge is 0.173 e. The van der Waals surface area contributed by atoms with E-state index in [0.717, 1.165) is 34.4 Å². The van der Waals surface area contributed by atoms with Crippen LogP contribution < -0.4 is 21.7 Å². The van der Waals surface area contributed by atoms with E-state index in [1.807, 2.05) is 36.7 Å². The summed E-state index contributed by atoms with van der Waals surface area (Å²) in [7, 11) is 1.68. The minimum absolute atomic E-state index is 0. The van der Waals surface area contributed by atoms with Crippen LogP contribution in [0.5, 0.6) is 5.75 Å². The average molecular weight is 406 g/mol. The van der Waals surface area contributed by atoms with Gasteiger partial charge in [0.15, 0.2) is 18.9 Å². The van der Waals surface area contributed by atoms with Crippen LogP contribution in [0.15, 0.2) is 85.2 Å². The van der Waals surface area contributed by atoms with Crippen LogP contribution >= 0.6 is 0 Å². The molecule has 2 nitrogen and oxygen atoms in total. The van der Waals surface area contributed by atoms with E-state index in [1.165, 1.54) is 17.5 Å². The first-order valence-electron chi connectivity index (χ1n) is 9.19. The van der Waals surface area contributed by atoms with E-state index in [-0.39, 0.29) is 18.2 Å². The quantitative estimate of drug-likeness (QED) is 0.465.